The number of fused-ring (bicyclic) bond motifs is 2. The predicted octanol–water partition coefficient (Wildman–Crippen LogP) is 3.76. The molecule has 1 N–H and O–H groups in total. The Labute approximate surface area is 188 Å². The van der Waals surface area contributed by atoms with Crippen molar-refractivity contribution in [3.8, 4) is 11.3 Å². The summed E-state index contributed by atoms with van der Waals surface area (Å²) in [5, 5.41) is 8.89. The van der Waals surface area contributed by atoms with Crippen LogP contribution in [0.4, 0.5) is 5.95 Å². The molecule has 0 radical (unpaired) electrons. The van der Waals surface area contributed by atoms with Crippen molar-refractivity contribution in [2.75, 3.05) is 11.9 Å². The van der Waals surface area contributed by atoms with E-state index < -0.39 is 24.3 Å². The lowest BCUT2D eigenvalue weighted by atomic mass is 10.1. The van der Waals surface area contributed by atoms with E-state index in [1.54, 1.807) is 22.7 Å². The number of aryl methyl sites for hydroxylation is 1. The molecule has 0 saturated heterocycles. The zero-order valence-electron chi connectivity index (χ0n) is 16.1. The quantitative estimate of drug-likeness (QED) is 0.434. The smallest absolute Gasteiger partial charge is 0.262 e. The van der Waals surface area contributed by atoms with Crippen molar-refractivity contribution >= 4 is 55.9 Å². The molecule has 8 nitrogen and oxygen atoms in total. The van der Waals surface area contributed by atoms with Crippen LogP contribution in [0.2, 0.25) is 0 Å². The number of carbonyl (C=O) groups is 3. The van der Waals surface area contributed by atoms with Gasteiger partial charge in [0.05, 0.1) is 16.8 Å². The molecular formula is C21H14BrN5O3S. The van der Waals surface area contributed by atoms with E-state index in [-0.39, 0.29) is 17.1 Å². The van der Waals surface area contributed by atoms with Gasteiger partial charge < -0.3 is 0 Å². The maximum absolute atomic E-state index is 12.5. The molecule has 0 atom stereocenters. The summed E-state index contributed by atoms with van der Waals surface area (Å²) in [6.45, 7) is 1.60. The number of thiazole rings is 1. The Kier molecular flexibility index (Phi) is 4.67. The van der Waals surface area contributed by atoms with E-state index in [9.17, 15) is 14.4 Å². The summed E-state index contributed by atoms with van der Waals surface area (Å²) in [7, 11) is 0. The first-order valence-electron chi connectivity index (χ1n) is 9.27. The van der Waals surface area contributed by atoms with Crippen LogP contribution in [0.25, 0.3) is 16.2 Å². The molecule has 31 heavy (non-hydrogen) atoms. The molecule has 4 aromatic rings. The number of nitrogens with one attached hydrogen (secondary N) is 1. The van der Waals surface area contributed by atoms with Gasteiger partial charge in [0.1, 0.15) is 6.54 Å². The van der Waals surface area contributed by atoms with Gasteiger partial charge in [-0.05, 0) is 25.1 Å². The molecule has 0 bridgehead atoms. The lowest BCUT2D eigenvalue weighted by molar-refractivity contribution is -0.116. The zero-order chi connectivity index (χ0) is 21.7. The van der Waals surface area contributed by atoms with Crippen LogP contribution in [-0.4, -0.2) is 43.8 Å². The fourth-order valence-corrected chi connectivity index (χ4v) is 4.56. The molecule has 10 heteroatoms. The number of nitrogens with zero attached hydrogens (tertiary/aromatic N) is 4. The molecule has 3 amide bonds. The maximum atomic E-state index is 12.5. The molecular weight excluding hydrogens is 482 g/mol. The summed E-state index contributed by atoms with van der Waals surface area (Å²) in [6.07, 6.45) is 0. The number of aromatic nitrogens is 3. The fourth-order valence-electron chi connectivity index (χ4n) is 3.37. The van der Waals surface area contributed by atoms with Gasteiger partial charge >= 0.3 is 0 Å². The van der Waals surface area contributed by atoms with Crippen LogP contribution in [0, 0.1) is 6.92 Å². The fraction of sp³-hybridized carbons (Fsp3) is 0.0952. The van der Waals surface area contributed by atoms with Crippen LogP contribution in [0.15, 0.2) is 52.3 Å². The van der Waals surface area contributed by atoms with E-state index in [1.165, 1.54) is 11.3 Å². The molecule has 0 spiro atoms. The van der Waals surface area contributed by atoms with Crippen molar-refractivity contribution in [1.29, 1.82) is 0 Å². The molecule has 154 valence electrons. The standard InChI is InChI=1S/C21H14BrN5O3S/c1-11-2-4-12(5-3-11)16-10-31-21-24-20(25-27(16)21)23-17(28)9-26-18(29)14-7-6-13(22)8-15(14)19(26)30/h2-8,10H,9H2,1H3,(H,23,25,28). The van der Waals surface area contributed by atoms with Crippen molar-refractivity contribution in [2.24, 2.45) is 0 Å². The van der Waals surface area contributed by atoms with Crippen molar-refractivity contribution in [1.82, 2.24) is 19.5 Å². The van der Waals surface area contributed by atoms with E-state index in [4.69, 9.17) is 0 Å². The van der Waals surface area contributed by atoms with Crippen LogP contribution in [0.3, 0.4) is 0 Å². The van der Waals surface area contributed by atoms with Crippen molar-refractivity contribution < 1.29 is 14.4 Å². The molecule has 0 unspecified atom stereocenters. The third kappa shape index (κ3) is 3.43. The minimum Gasteiger partial charge on any atom is -0.292 e. The largest absolute Gasteiger partial charge is 0.292 e. The molecule has 0 saturated carbocycles. The normalized spacial score (nSPS) is 13.2. The van der Waals surface area contributed by atoms with Crippen molar-refractivity contribution in [3.05, 3.63) is 69.0 Å². The van der Waals surface area contributed by atoms with Crippen LogP contribution in [0.1, 0.15) is 26.3 Å². The Morgan fingerprint density at radius 1 is 1.10 bits per heavy atom. The zero-order valence-corrected chi connectivity index (χ0v) is 18.5. The summed E-state index contributed by atoms with van der Waals surface area (Å²) >= 11 is 4.69. The van der Waals surface area contributed by atoms with Gasteiger partial charge in [-0.25, -0.2) is 4.52 Å². The highest BCUT2D eigenvalue weighted by atomic mass is 79.9. The number of imide groups is 1. The van der Waals surface area contributed by atoms with Gasteiger partial charge in [0.2, 0.25) is 10.9 Å². The SMILES string of the molecule is Cc1ccc(-c2csc3nc(NC(=O)CN4C(=O)c5ccc(Br)cc5C4=O)nn23)cc1. The molecule has 2 aromatic heterocycles. The van der Waals surface area contributed by atoms with E-state index in [1.807, 2.05) is 36.6 Å². The highest BCUT2D eigenvalue weighted by Crippen LogP contribution is 2.27. The number of rotatable bonds is 4. The summed E-state index contributed by atoms with van der Waals surface area (Å²) < 4.78 is 2.34. The van der Waals surface area contributed by atoms with Crippen LogP contribution >= 0.6 is 27.3 Å². The Balaban J connectivity index is 1.34. The topological polar surface area (TPSA) is 96.7 Å². The van der Waals surface area contributed by atoms with Gasteiger partial charge in [-0.1, -0.05) is 45.8 Å². The second kappa shape index (κ2) is 7.40. The number of anilines is 1. The van der Waals surface area contributed by atoms with Crippen molar-refractivity contribution in [2.45, 2.75) is 6.92 Å². The highest BCUT2D eigenvalue weighted by Gasteiger charge is 2.36. The Bertz CT molecular complexity index is 1380. The minimum atomic E-state index is -0.552. The first-order valence-corrected chi connectivity index (χ1v) is 10.9. The summed E-state index contributed by atoms with van der Waals surface area (Å²) in [5.74, 6) is -1.44. The Morgan fingerprint density at radius 2 is 1.84 bits per heavy atom. The van der Waals surface area contributed by atoms with E-state index in [0.29, 0.717) is 9.43 Å². The lowest BCUT2D eigenvalue weighted by Gasteiger charge is -2.12. The average Bonchev–Trinajstić information content (AvgIpc) is 3.37. The third-order valence-electron chi connectivity index (χ3n) is 4.91. The number of halogens is 1. The molecule has 0 fully saturated rings. The molecule has 5 rings (SSSR count). The maximum Gasteiger partial charge on any atom is 0.262 e. The van der Waals surface area contributed by atoms with Crippen LogP contribution in [-0.2, 0) is 4.79 Å². The van der Waals surface area contributed by atoms with Gasteiger partial charge in [0.15, 0.2) is 0 Å². The first kappa shape index (κ1) is 19.6. The highest BCUT2D eigenvalue weighted by molar-refractivity contribution is 9.10. The molecule has 3 heterocycles. The number of hydrogen-bond donors (Lipinski definition) is 1. The summed E-state index contributed by atoms with van der Waals surface area (Å²) in [6, 6.07) is 12.8. The van der Waals surface area contributed by atoms with Gasteiger partial charge in [-0.15, -0.1) is 16.4 Å². The predicted molar refractivity (Wildman–Crippen MR) is 119 cm³/mol. The minimum absolute atomic E-state index is 0.115. The summed E-state index contributed by atoms with van der Waals surface area (Å²) in [4.78, 5) is 43.4. The van der Waals surface area contributed by atoms with Gasteiger partial charge in [0, 0.05) is 15.4 Å². The summed E-state index contributed by atoms with van der Waals surface area (Å²) in [5.41, 5.74) is 3.55. The third-order valence-corrected chi connectivity index (χ3v) is 6.22. The van der Waals surface area contributed by atoms with E-state index in [0.717, 1.165) is 21.7 Å². The van der Waals surface area contributed by atoms with E-state index in [2.05, 4.69) is 31.3 Å². The molecule has 1 aliphatic rings. The second-order valence-corrected chi connectivity index (χ2v) is 8.80. The van der Waals surface area contributed by atoms with Crippen molar-refractivity contribution in [3.63, 3.8) is 0 Å². The lowest BCUT2D eigenvalue weighted by Crippen LogP contribution is -2.37. The Hall–Kier alpha value is -3.37. The van der Waals surface area contributed by atoms with Crippen LogP contribution in [0.5, 0.6) is 0 Å². The first-order chi connectivity index (χ1) is 14.9. The van der Waals surface area contributed by atoms with Gasteiger partial charge in [-0.2, -0.15) is 4.98 Å². The number of benzene rings is 2. The monoisotopic (exact) mass is 495 g/mol. The Morgan fingerprint density at radius 3 is 2.61 bits per heavy atom. The number of amides is 3. The molecule has 0 aliphatic carbocycles. The number of carbonyl (C=O) groups excluding carboxylic acids is 3. The van der Waals surface area contributed by atoms with E-state index >= 15 is 0 Å². The van der Waals surface area contributed by atoms with Crippen LogP contribution < -0.4 is 5.32 Å². The van der Waals surface area contributed by atoms with Gasteiger partial charge in [-0.3, -0.25) is 24.6 Å². The number of hydrogen-bond acceptors (Lipinski definition) is 6. The van der Waals surface area contributed by atoms with Gasteiger partial charge in [0.25, 0.3) is 17.8 Å². The second-order valence-electron chi connectivity index (χ2n) is 7.05. The molecule has 1 aliphatic heterocycles. The molecule has 2 aromatic carbocycles. The average molecular weight is 496 g/mol.